The summed E-state index contributed by atoms with van der Waals surface area (Å²) < 4.78 is 6.68. The minimum Gasteiger partial charge on any atom is -0.497 e. The number of ether oxygens (including phenoxy) is 1. The Hall–Kier alpha value is -2.07. The number of nitrogens with zero attached hydrogens (tertiary/aromatic N) is 3. The molecule has 10 heteroatoms. The van der Waals surface area contributed by atoms with Crippen LogP contribution < -0.4 is 9.64 Å². The third-order valence-corrected chi connectivity index (χ3v) is 7.97. The van der Waals surface area contributed by atoms with Gasteiger partial charge < -0.3 is 4.74 Å². The highest BCUT2D eigenvalue weighted by molar-refractivity contribution is 8.03. The molecule has 0 unspecified atom stereocenters. The first-order valence-electron chi connectivity index (χ1n) is 8.92. The van der Waals surface area contributed by atoms with Gasteiger partial charge in [-0.05, 0) is 29.8 Å². The number of amides is 2. The monoisotopic (exact) mass is 477 g/mol. The highest BCUT2D eigenvalue weighted by Gasteiger charge is 2.40. The predicted octanol–water partition coefficient (Wildman–Crippen LogP) is 4.92. The first kappa shape index (κ1) is 21.2. The molecule has 2 aromatic carbocycles. The molecule has 6 nitrogen and oxygen atoms in total. The molecule has 3 aromatic rings. The molecule has 1 fully saturated rings. The van der Waals surface area contributed by atoms with Crippen LogP contribution in [0.1, 0.15) is 12.0 Å². The third-order valence-electron chi connectivity index (χ3n) is 4.32. The summed E-state index contributed by atoms with van der Waals surface area (Å²) in [5.74, 6) is 0.869. The van der Waals surface area contributed by atoms with E-state index in [0.29, 0.717) is 20.8 Å². The maximum Gasteiger partial charge on any atom is 0.247 e. The van der Waals surface area contributed by atoms with Crippen molar-refractivity contribution in [1.82, 2.24) is 10.2 Å². The van der Waals surface area contributed by atoms with Gasteiger partial charge in [0.2, 0.25) is 11.8 Å². The van der Waals surface area contributed by atoms with Gasteiger partial charge in [0.25, 0.3) is 0 Å². The van der Waals surface area contributed by atoms with Gasteiger partial charge in [0.05, 0.1) is 12.8 Å². The molecule has 154 valence electrons. The first-order valence-corrected chi connectivity index (χ1v) is 12.0. The number of carbonyl (C=O) groups is 2. The largest absolute Gasteiger partial charge is 0.497 e. The molecule has 2 amide bonds. The number of imide groups is 1. The second kappa shape index (κ2) is 9.38. The van der Waals surface area contributed by atoms with Crippen molar-refractivity contribution in [2.75, 3.05) is 12.0 Å². The Morgan fingerprint density at radius 3 is 2.70 bits per heavy atom. The van der Waals surface area contributed by atoms with Gasteiger partial charge in [0, 0.05) is 23.3 Å². The van der Waals surface area contributed by atoms with E-state index >= 15 is 0 Å². The van der Waals surface area contributed by atoms with Crippen LogP contribution in [-0.4, -0.2) is 34.4 Å². The van der Waals surface area contributed by atoms with Gasteiger partial charge in [-0.2, -0.15) is 0 Å². The standard InChI is InChI=1S/C20H16ClN3O3S3/c1-27-15-4-2-3-14(9-15)24-17(25)10-16(18(24)26)29-20-23-22-19(30-20)28-11-12-5-7-13(21)8-6-12/h2-9,16H,10-11H2,1H3/t16-/m0/s1. The van der Waals surface area contributed by atoms with Crippen molar-refractivity contribution in [3.63, 3.8) is 0 Å². The molecular weight excluding hydrogens is 462 g/mol. The normalized spacial score (nSPS) is 16.3. The van der Waals surface area contributed by atoms with E-state index < -0.39 is 5.25 Å². The van der Waals surface area contributed by atoms with Crippen LogP contribution in [0.3, 0.4) is 0 Å². The molecule has 0 saturated carbocycles. The molecular formula is C20H16ClN3O3S3. The van der Waals surface area contributed by atoms with Crippen molar-refractivity contribution < 1.29 is 14.3 Å². The molecule has 1 aliphatic rings. The van der Waals surface area contributed by atoms with Gasteiger partial charge in [-0.25, -0.2) is 4.90 Å². The molecule has 0 N–H and O–H groups in total. The van der Waals surface area contributed by atoms with Crippen LogP contribution in [-0.2, 0) is 15.3 Å². The number of thioether (sulfide) groups is 2. The molecule has 1 saturated heterocycles. The summed E-state index contributed by atoms with van der Waals surface area (Å²) in [6.45, 7) is 0. The zero-order valence-corrected chi connectivity index (χ0v) is 19.0. The van der Waals surface area contributed by atoms with Crippen molar-refractivity contribution in [2.45, 2.75) is 26.1 Å². The smallest absolute Gasteiger partial charge is 0.247 e. The Labute approximate surface area is 191 Å². The summed E-state index contributed by atoms with van der Waals surface area (Å²) in [6.07, 6.45) is 0.132. The fourth-order valence-electron chi connectivity index (χ4n) is 2.87. The van der Waals surface area contributed by atoms with Crippen molar-refractivity contribution >= 4 is 64.0 Å². The summed E-state index contributed by atoms with van der Waals surface area (Å²) in [7, 11) is 1.55. The zero-order chi connectivity index (χ0) is 21.1. The van der Waals surface area contributed by atoms with E-state index in [1.54, 1.807) is 43.1 Å². The van der Waals surface area contributed by atoms with Crippen LogP contribution >= 0.6 is 46.5 Å². The van der Waals surface area contributed by atoms with Gasteiger partial charge in [0.1, 0.15) is 11.0 Å². The van der Waals surface area contributed by atoms with Crippen molar-refractivity contribution in [3.05, 3.63) is 59.1 Å². The van der Waals surface area contributed by atoms with Crippen LogP contribution in [0.25, 0.3) is 0 Å². The molecule has 0 aliphatic carbocycles. The number of aromatic nitrogens is 2. The Kier molecular flexibility index (Phi) is 6.62. The highest BCUT2D eigenvalue weighted by Crippen LogP contribution is 2.38. The van der Waals surface area contributed by atoms with E-state index in [-0.39, 0.29) is 18.2 Å². The summed E-state index contributed by atoms with van der Waals surface area (Å²) in [4.78, 5) is 26.5. The number of hydrogen-bond acceptors (Lipinski definition) is 8. The van der Waals surface area contributed by atoms with Gasteiger partial charge in [-0.3, -0.25) is 9.59 Å². The summed E-state index contributed by atoms with van der Waals surface area (Å²) in [5.41, 5.74) is 1.66. The van der Waals surface area contributed by atoms with E-state index in [0.717, 1.165) is 15.7 Å². The van der Waals surface area contributed by atoms with Gasteiger partial charge in [-0.1, -0.05) is 64.7 Å². The van der Waals surface area contributed by atoms with Crippen LogP contribution in [0.15, 0.2) is 57.2 Å². The second-order valence-corrected chi connectivity index (χ2v) is 10.4. The van der Waals surface area contributed by atoms with Crippen molar-refractivity contribution in [3.8, 4) is 5.75 Å². The first-order chi connectivity index (χ1) is 14.5. The fraction of sp³-hybridized carbons (Fsp3) is 0.200. The number of methoxy groups -OCH3 is 1. The molecule has 1 aromatic heterocycles. The van der Waals surface area contributed by atoms with E-state index in [1.165, 1.54) is 28.0 Å². The summed E-state index contributed by atoms with van der Waals surface area (Å²) >= 11 is 10.2. The predicted molar refractivity (Wildman–Crippen MR) is 121 cm³/mol. The zero-order valence-electron chi connectivity index (χ0n) is 15.8. The number of hydrogen-bond donors (Lipinski definition) is 0. The maximum atomic E-state index is 12.8. The van der Waals surface area contributed by atoms with Crippen LogP contribution in [0.5, 0.6) is 5.75 Å². The Morgan fingerprint density at radius 2 is 1.93 bits per heavy atom. The molecule has 4 rings (SSSR count). The lowest BCUT2D eigenvalue weighted by Gasteiger charge is -2.15. The molecule has 30 heavy (non-hydrogen) atoms. The van der Waals surface area contributed by atoms with Crippen LogP contribution in [0, 0.1) is 0 Å². The van der Waals surface area contributed by atoms with E-state index in [2.05, 4.69) is 10.2 Å². The minimum absolute atomic E-state index is 0.132. The number of rotatable bonds is 7. The number of benzene rings is 2. The maximum absolute atomic E-state index is 12.8. The van der Waals surface area contributed by atoms with E-state index in [9.17, 15) is 9.59 Å². The van der Waals surface area contributed by atoms with Crippen molar-refractivity contribution in [1.29, 1.82) is 0 Å². The topological polar surface area (TPSA) is 72.4 Å². The number of halogens is 1. The minimum atomic E-state index is -0.509. The quantitative estimate of drug-likeness (QED) is 0.353. The van der Waals surface area contributed by atoms with Gasteiger partial charge >= 0.3 is 0 Å². The second-order valence-electron chi connectivity index (χ2n) is 6.33. The third kappa shape index (κ3) is 4.80. The molecule has 1 atom stereocenters. The molecule has 0 radical (unpaired) electrons. The van der Waals surface area contributed by atoms with Crippen LogP contribution in [0.4, 0.5) is 5.69 Å². The number of anilines is 1. The van der Waals surface area contributed by atoms with Gasteiger partial charge in [0.15, 0.2) is 8.68 Å². The Balaban J connectivity index is 1.39. The molecule has 0 bridgehead atoms. The summed E-state index contributed by atoms with van der Waals surface area (Å²) in [6, 6.07) is 14.6. The average Bonchev–Trinajstić information content (AvgIpc) is 3.31. The fourth-order valence-corrected chi connectivity index (χ4v) is 6.24. The lowest BCUT2D eigenvalue weighted by molar-refractivity contribution is -0.121. The summed E-state index contributed by atoms with van der Waals surface area (Å²) in [5, 5.41) is 8.57. The van der Waals surface area contributed by atoms with E-state index in [4.69, 9.17) is 16.3 Å². The SMILES string of the molecule is COc1cccc(N2C(=O)C[C@H](Sc3nnc(SCc4ccc(Cl)cc4)s3)C2=O)c1. The lowest BCUT2D eigenvalue weighted by atomic mass is 10.2. The molecule has 1 aliphatic heterocycles. The molecule has 0 spiro atoms. The molecule has 2 heterocycles. The van der Waals surface area contributed by atoms with E-state index in [1.807, 2.05) is 24.3 Å². The van der Waals surface area contributed by atoms with Crippen LogP contribution in [0.2, 0.25) is 5.02 Å². The average molecular weight is 478 g/mol. The number of carbonyl (C=O) groups excluding carboxylic acids is 2. The van der Waals surface area contributed by atoms with Crippen molar-refractivity contribution in [2.24, 2.45) is 0 Å². The lowest BCUT2D eigenvalue weighted by Crippen LogP contribution is -2.31. The van der Waals surface area contributed by atoms with Gasteiger partial charge in [-0.15, -0.1) is 10.2 Å². The highest BCUT2D eigenvalue weighted by atomic mass is 35.5. The Morgan fingerprint density at radius 1 is 1.17 bits per heavy atom. The Bertz CT molecular complexity index is 1070.